The number of nitro benzene ring substituents is 1. The molecule has 2 heterocycles. The highest BCUT2D eigenvalue weighted by Gasteiger charge is 2.32. The largest absolute Gasteiger partial charge is 0.457 e. The summed E-state index contributed by atoms with van der Waals surface area (Å²) in [6, 6.07) is 14.3. The maximum absolute atomic E-state index is 13.0. The van der Waals surface area contributed by atoms with Crippen LogP contribution in [0, 0.1) is 30.9 Å². The van der Waals surface area contributed by atoms with E-state index in [2.05, 4.69) is 0 Å². The first-order valence-electron chi connectivity index (χ1n) is 10.5. The second-order valence-electron chi connectivity index (χ2n) is 7.73. The molecule has 8 heteroatoms. The van der Waals surface area contributed by atoms with Gasteiger partial charge in [0, 0.05) is 29.8 Å². The lowest BCUT2D eigenvalue weighted by Crippen LogP contribution is -2.28. The number of amides is 1. The Morgan fingerprint density at radius 1 is 1.12 bits per heavy atom. The van der Waals surface area contributed by atoms with E-state index in [1.54, 1.807) is 42.2 Å². The van der Waals surface area contributed by atoms with Gasteiger partial charge in [-0.05, 0) is 74.8 Å². The van der Waals surface area contributed by atoms with E-state index in [9.17, 15) is 14.9 Å². The number of carbonyl (C=O) groups excluding carboxylic acids is 1. The van der Waals surface area contributed by atoms with Crippen LogP contribution in [0.2, 0.25) is 0 Å². The molecule has 0 spiro atoms. The number of furan rings is 1. The highest BCUT2D eigenvalue weighted by molar-refractivity contribution is 8.18. The summed E-state index contributed by atoms with van der Waals surface area (Å²) in [4.78, 5) is 30.6. The quantitative estimate of drug-likeness (QED) is 0.249. The number of likely N-dealkylation sites (N-methyl/N-ethyl adjacent to an activating group) is 1. The molecule has 4 rings (SSSR count). The monoisotopic (exact) mass is 461 g/mol. The Labute approximate surface area is 196 Å². The lowest BCUT2D eigenvalue weighted by Gasteiger charge is -2.12. The van der Waals surface area contributed by atoms with E-state index in [1.807, 2.05) is 39.0 Å². The molecule has 1 aromatic heterocycles. The summed E-state index contributed by atoms with van der Waals surface area (Å²) < 4.78 is 5.92. The molecule has 0 radical (unpaired) electrons. The third kappa shape index (κ3) is 4.47. The molecule has 0 N–H and O–H groups in total. The molecule has 1 aliphatic heterocycles. The van der Waals surface area contributed by atoms with Crippen LogP contribution in [-0.2, 0) is 4.79 Å². The van der Waals surface area contributed by atoms with Gasteiger partial charge < -0.3 is 4.42 Å². The van der Waals surface area contributed by atoms with Crippen LogP contribution in [0.25, 0.3) is 17.4 Å². The van der Waals surface area contributed by atoms with Gasteiger partial charge in [0.1, 0.15) is 11.5 Å². The van der Waals surface area contributed by atoms with Crippen molar-refractivity contribution in [3.63, 3.8) is 0 Å². The topological polar surface area (TPSA) is 89.0 Å². The SMILES string of the molecule is CCN1C(=O)/C(=C\c2ccc(-c3cccc([N+](=O)[O-])c3C)o2)SC1=Nc1ccc(C)c(C)c1. The van der Waals surface area contributed by atoms with E-state index in [0.717, 1.165) is 11.3 Å². The van der Waals surface area contributed by atoms with Gasteiger partial charge in [-0.15, -0.1) is 0 Å². The number of rotatable bonds is 5. The van der Waals surface area contributed by atoms with Crippen LogP contribution in [0.5, 0.6) is 0 Å². The second kappa shape index (κ2) is 9.07. The number of nitrogens with zero attached hydrogens (tertiary/aromatic N) is 3. The minimum Gasteiger partial charge on any atom is -0.457 e. The van der Waals surface area contributed by atoms with Crippen LogP contribution in [0.15, 0.2) is 62.8 Å². The zero-order valence-electron chi connectivity index (χ0n) is 18.8. The van der Waals surface area contributed by atoms with Gasteiger partial charge in [0.15, 0.2) is 5.17 Å². The van der Waals surface area contributed by atoms with Crippen molar-refractivity contribution in [2.45, 2.75) is 27.7 Å². The van der Waals surface area contributed by atoms with Gasteiger partial charge in [0.25, 0.3) is 11.6 Å². The standard InChI is InChI=1S/C25H23N3O4S/c1-5-27-24(29)23(33-25(27)26-18-10-9-15(2)16(3)13-18)14-19-11-12-22(32-19)20-7-6-8-21(17(20)4)28(30)31/h6-14H,5H2,1-4H3/b23-14+,26-25?. The molecule has 3 aromatic rings. The van der Waals surface area contributed by atoms with E-state index in [-0.39, 0.29) is 11.6 Å². The van der Waals surface area contributed by atoms with E-state index >= 15 is 0 Å². The molecule has 7 nitrogen and oxygen atoms in total. The van der Waals surface area contributed by atoms with Gasteiger partial charge in [-0.25, -0.2) is 4.99 Å². The van der Waals surface area contributed by atoms with Crippen molar-refractivity contribution >= 4 is 40.3 Å². The summed E-state index contributed by atoms with van der Waals surface area (Å²) in [5.74, 6) is 0.875. The zero-order valence-corrected chi connectivity index (χ0v) is 19.6. The third-order valence-electron chi connectivity index (χ3n) is 5.59. The fourth-order valence-electron chi connectivity index (χ4n) is 3.57. The zero-order chi connectivity index (χ0) is 23.7. The predicted octanol–water partition coefficient (Wildman–Crippen LogP) is 6.40. The highest BCUT2D eigenvalue weighted by atomic mass is 32.2. The van der Waals surface area contributed by atoms with Crippen LogP contribution in [-0.4, -0.2) is 27.4 Å². The number of nitro groups is 1. The molecular formula is C25H23N3O4S. The van der Waals surface area contributed by atoms with E-state index in [4.69, 9.17) is 9.41 Å². The minimum atomic E-state index is -0.408. The van der Waals surface area contributed by atoms with Gasteiger partial charge in [-0.3, -0.25) is 19.8 Å². The smallest absolute Gasteiger partial charge is 0.273 e. The second-order valence-corrected chi connectivity index (χ2v) is 8.74. The maximum atomic E-state index is 13.0. The van der Waals surface area contributed by atoms with Crippen molar-refractivity contribution in [2.75, 3.05) is 6.54 Å². The molecule has 1 fully saturated rings. The van der Waals surface area contributed by atoms with Crippen LogP contribution in [0.4, 0.5) is 11.4 Å². The predicted molar refractivity (Wildman–Crippen MR) is 132 cm³/mol. The van der Waals surface area contributed by atoms with Gasteiger partial charge in [-0.2, -0.15) is 0 Å². The van der Waals surface area contributed by atoms with Crippen molar-refractivity contribution < 1.29 is 14.1 Å². The molecule has 0 aliphatic carbocycles. The summed E-state index contributed by atoms with van der Waals surface area (Å²) in [5, 5.41) is 11.9. The molecule has 1 amide bonds. The normalized spacial score (nSPS) is 16.2. The summed E-state index contributed by atoms with van der Waals surface area (Å²) in [6.45, 7) is 8.19. The number of aliphatic imine (C=N–C) groups is 1. The average Bonchev–Trinajstić information content (AvgIpc) is 3.35. The third-order valence-corrected chi connectivity index (χ3v) is 6.59. The van der Waals surface area contributed by atoms with Crippen LogP contribution < -0.4 is 0 Å². The van der Waals surface area contributed by atoms with Crippen molar-refractivity contribution in [2.24, 2.45) is 4.99 Å². The Bertz CT molecular complexity index is 1320. The Kier molecular flexibility index (Phi) is 6.20. The van der Waals surface area contributed by atoms with Gasteiger partial charge in [0.05, 0.1) is 15.5 Å². The summed E-state index contributed by atoms with van der Waals surface area (Å²) in [5.41, 5.74) is 4.35. The molecule has 0 bridgehead atoms. The van der Waals surface area contributed by atoms with Gasteiger partial charge in [0.2, 0.25) is 0 Å². The summed E-state index contributed by atoms with van der Waals surface area (Å²) in [6.07, 6.45) is 1.69. The van der Waals surface area contributed by atoms with Crippen molar-refractivity contribution in [3.8, 4) is 11.3 Å². The number of hydrogen-bond acceptors (Lipinski definition) is 6. The minimum absolute atomic E-state index is 0.0381. The molecule has 0 unspecified atom stereocenters. The summed E-state index contributed by atoms with van der Waals surface area (Å²) in [7, 11) is 0. The fourth-order valence-corrected chi connectivity index (χ4v) is 4.61. The number of benzene rings is 2. The molecule has 168 valence electrons. The molecular weight excluding hydrogens is 438 g/mol. The number of hydrogen-bond donors (Lipinski definition) is 0. The van der Waals surface area contributed by atoms with Crippen molar-refractivity contribution in [1.82, 2.24) is 4.90 Å². The molecule has 1 saturated heterocycles. The Balaban J connectivity index is 1.64. The Morgan fingerprint density at radius 2 is 1.91 bits per heavy atom. The van der Waals surface area contributed by atoms with Crippen LogP contribution >= 0.6 is 11.8 Å². The first-order valence-corrected chi connectivity index (χ1v) is 11.3. The molecule has 0 atom stereocenters. The first-order chi connectivity index (χ1) is 15.8. The van der Waals surface area contributed by atoms with Gasteiger partial charge >= 0.3 is 0 Å². The lowest BCUT2D eigenvalue weighted by molar-refractivity contribution is -0.385. The fraction of sp³-hybridized carbons (Fsp3) is 0.200. The number of aryl methyl sites for hydroxylation is 2. The van der Waals surface area contributed by atoms with Crippen molar-refractivity contribution in [1.29, 1.82) is 0 Å². The summed E-state index contributed by atoms with van der Waals surface area (Å²) >= 11 is 1.30. The number of thioether (sulfide) groups is 1. The van der Waals surface area contributed by atoms with Crippen LogP contribution in [0.1, 0.15) is 29.4 Å². The number of amidine groups is 1. The maximum Gasteiger partial charge on any atom is 0.273 e. The Morgan fingerprint density at radius 3 is 2.61 bits per heavy atom. The number of carbonyl (C=O) groups is 1. The average molecular weight is 462 g/mol. The molecule has 0 saturated carbocycles. The van der Waals surface area contributed by atoms with E-state index in [0.29, 0.717) is 39.3 Å². The van der Waals surface area contributed by atoms with E-state index in [1.165, 1.54) is 23.4 Å². The molecule has 1 aliphatic rings. The lowest BCUT2D eigenvalue weighted by atomic mass is 10.1. The molecule has 33 heavy (non-hydrogen) atoms. The Hall–Kier alpha value is -3.65. The van der Waals surface area contributed by atoms with E-state index < -0.39 is 4.92 Å². The van der Waals surface area contributed by atoms with Crippen LogP contribution in [0.3, 0.4) is 0 Å². The first kappa shape index (κ1) is 22.5. The van der Waals surface area contributed by atoms with Gasteiger partial charge in [-0.1, -0.05) is 18.2 Å². The molecule has 2 aromatic carbocycles. The highest BCUT2D eigenvalue weighted by Crippen LogP contribution is 2.36. The van der Waals surface area contributed by atoms with Crippen molar-refractivity contribution in [3.05, 3.63) is 86.0 Å².